The molecule has 1 amide bonds. The van der Waals surface area contributed by atoms with E-state index in [9.17, 15) is 4.79 Å². The number of aromatic nitrogens is 4. The fourth-order valence-electron chi connectivity index (χ4n) is 3.23. The molecular weight excluding hydrogens is 318 g/mol. The minimum absolute atomic E-state index is 0.0655. The quantitative estimate of drug-likeness (QED) is 0.730. The fraction of sp³-hybridized carbons (Fsp3) is 0.333. The van der Waals surface area contributed by atoms with Crippen LogP contribution in [0.15, 0.2) is 34.9 Å². The van der Waals surface area contributed by atoms with Crippen molar-refractivity contribution < 1.29 is 9.32 Å². The first kappa shape index (κ1) is 15.6. The SMILES string of the molecule is CC(=O)N1CCc2c(c(-c3nc(Cc4ccccc4)no3)nn2C)C1. The Kier molecular flexibility index (Phi) is 3.83. The van der Waals surface area contributed by atoms with Crippen LogP contribution in [0.3, 0.4) is 0 Å². The number of carbonyl (C=O) groups excluding carboxylic acids is 1. The van der Waals surface area contributed by atoms with E-state index in [0.29, 0.717) is 36.9 Å². The van der Waals surface area contributed by atoms with E-state index >= 15 is 0 Å². The largest absolute Gasteiger partial charge is 0.338 e. The van der Waals surface area contributed by atoms with Crippen LogP contribution in [-0.4, -0.2) is 37.3 Å². The van der Waals surface area contributed by atoms with E-state index in [1.54, 1.807) is 6.92 Å². The van der Waals surface area contributed by atoms with Crippen LogP contribution in [0.2, 0.25) is 0 Å². The highest BCUT2D eigenvalue weighted by Crippen LogP contribution is 2.29. The van der Waals surface area contributed by atoms with Crippen LogP contribution in [0.1, 0.15) is 29.6 Å². The van der Waals surface area contributed by atoms with Crippen molar-refractivity contribution in [3.8, 4) is 11.6 Å². The van der Waals surface area contributed by atoms with Crippen LogP contribution in [0.25, 0.3) is 11.6 Å². The molecule has 1 aliphatic heterocycles. The Labute approximate surface area is 145 Å². The van der Waals surface area contributed by atoms with E-state index in [4.69, 9.17) is 4.52 Å². The summed E-state index contributed by atoms with van der Waals surface area (Å²) in [5, 5.41) is 8.64. The van der Waals surface area contributed by atoms with Gasteiger partial charge in [0.15, 0.2) is 11.5 Å². The summed E-state index contributed by atoms with van der Waals surface area (Å²) >= 11 is 0. The smallest absolute Gasteiger partial charge is 0.278 e. The molecule has 3 heterocycles. The molecule has 1 aliphatic rings. The van der Waals surface area contributed by atoms with Crippen LogP contribution in [0.5, 0.6) is 0 Å². The predicted molar refractivity (Wildman–Crippen MR) is 90.5 cm³/mol. The molecule has 0 saturated carbocycles. The lowest BCUT2D eigenvalue weighted by atomic mass is 10.0. The second-order valence-corrected chi connectivity index (χ2v) is 6.27. The zero-order valence-electron chi connectivity index (χ0n) is 14.3. The van der Waals surface area contributed by atoms with Gasteiger partial charge in [-0.05, 0) is 5.56 Å². The van der Waals surface area contributed by atoms with Gasteiger partial charge in [0, 0.05) is 51.2 Å². The number of benzene rings is 1. The monoisotopic (exact) mass is 337 g/mol. The van der Waals surface area contributed by atoms with Gasteiger partial charge in [-0.1, -0.05) is 35.5 Å². The van der Waals surface area contributed by atoms with Crippen LogP contribution >= 0.6 is 0 Å². The Balaban J connectivity index is 1.64. The number of carbonyl (C=O) groups is 1. The first-order chi connectivity index (χ1) is 12.1. The second-order valence-electron chi connectivity index (χ2n) is 6.27. The topological polar surface area (TPSA) is 77.1 Å². The minimum atomic E-state index is 0.0655. The maximum absolute atomic E-state index is 11.7. The average molecular weight is 337 g/mol. The lowest BCUT2D eigenvalue weighted by Crippen LogP contribution is -2.34. The number of hydrogen-bond donors (Lipinski definition) is 0. The highest BCUT2D eigenvalue weighted by atomic mass is 16.5. The third-order valence-electron chi connectivity index (χ3n) is 4.56. The molecule has 0 atom stereocenters. The van der Waals surface area contributed by atoms with Crippen LogP contribution in [0.4, 0.5) is 0 Å². The van der Waals surface area contributed by atoms with Gasteiger partial charge in [0.1, 0.15) is 0 Å². The Hall–Kier alpha value is -2.96. The summed E-state index contributed by atoms with van der Waals surface area (Å²) in [6, 6.07) is 10.0. The van der Waals surface area contributed by atoms with Crippen molar-refractivity contribution in [1.29, 1.82) is 0 Å². The first-order valence-corrected chi connectivity index (χ1v) is 8.29. The zero-order valence-corrected chi connectivity index (χ0v) is 14.3. The highest BCUT2D eigenvalue weighted by Gasteiger charge is 2.28. The third kappa shape index (κ3) is 2.93. The van der Waals surface area contributed by atoms with Crippen molar-refractivity contribution in [2.75, 3.05) is 6.54 Å². The van der Waals surface area contributed by atoms with Gasteiger partial charge in [0.25, 0.3) is 5.89 Å². The lowest BCUT2D eigenvalue weighted by molar-refractivity contribution is -0.129. The number of hydrogen-bond acceptors (Lipinski definition) is 5. The summed E-state index contributed by atoms with van der Waals surface area (Å²) in [6.45, 7) is 2.83. The Morgan fingerprint density at radius 1 is 1.28 bits per heavy atom. The van der Waals surface area contributed by atoms with E-state index in [-0.39, 0.29) is 5.91 Å². The van der Waals surface area contributed by atoms with Crippen molar-refractivity contribution in [3.05, 3.63) is 53.0 Å². The van der Waals surface area contributed by atoms with E-state index < -0.39 is 0 Å². The number of fused-ring (bicyclic) bond motifs is 1. The summed E-state index contributed by atoms with van der Waals surface area (Å²) < 4.78 is 7.31. The fourth-order valence-corrected chi connectivity index (χ4v) is 3.23. The zero-order chi connectivity index (χ0) is 17.4. The summed E-state index contributed by atoms with van der Waals surface area (Å²) in [6.07, 6.45) is 1.39. The molecule has 2 aromatic heterocycles. The van der Waals surface area contributed by atoms with E-state index in [1.165, 1.54) is 0 Å². The number of amides is 1. The summed E-state index contributed by atoms with van der Waals surface area (Å²) in [5.74, 6) is 1.10. The summed E-state index contributed by atoms with van der Waals surface area (Å²) in [7, 11) is 1.91. The normalized spacial score (nSPS) is 13.8. The molecule has 7 heteroatoms. The molecule has 4 rings (SSSR count). The van der Waals surface area contributed by atoms with Crippen molar-refractivity contribution >= 4 is 5.91 Å². The van der Waals surface area contributed by atoms with Crippen LogP contribution in [0, 0.1) is 0 Å². The van der Waals surface area contributed by atoms with Crippen molar-refractivity contribution in [2.45, 2.75) is 26.3 Å². The number of nitrogens with zero attached hydrogens (tertiary/aromatic N) is 5. The van der Waals surface area contributed by atoms with Gasteiger partial charge in [-0.2, -0.15) is 10.1 Å². The van der Waals surface area contributed by atoms with Crippen LogP contribution < -0.4 is 0 Å². The van der Waals surface area contributed by atoms with E-state index in [2.05, 4.69) is 15.2 Å². The molecule has 25 heavy (non-hydrogen) atoms. The third-order valence-corrected chi connectivity index (χ3v) is 4.56. The predicted octanol–water partition coefficient (Wildman–Crippen LogP) is 1.97. The molecule has 128 valence electrons. The summed E-state index contributed by atoms with van der Waals surface area (Å²) in [4.78, 5) is 18.0. The van der Waals surface area contributed by atoms with Crippen LogP contribution in [-0.2, 0) is 31.2 Å². The Morgan fingerprint density at radius 3 is 2.84 bits per heavy atom. The highest BCUT2D eigenvalue weighted by molar-refractivity contribution is 5.74. The van der Waals surface area contributed by atoms with Gasteiger partial charge in [-0.3, -0.25) is 9.48 Å². The Morgan fingerprint density at radius 2 is 2.08 bits per heavy atom. The van der Waals surface area contributed by atoms with Crippen molar-refractivity contribution in [3.63, 3.8) is 0 Å². The molecule has 0 fully saturated rings. The Bertz CT molecular complexity index is 913. The molecule has 0 spiro atoms. The maximum atomic E-state index is 11.7. The standard InChI is InChI=1S/C18H19N5O2/c1-12(24)23-9-8-15-14(11-23)17(20-22(15)2)18-19-16(21-25-18)10-13-6-4-3-5-7-13/h3-7H,8-11H2,1-2H3. The first-order valence-electron chi connectivity index (χ1n) is 8.29. The molecule has 3 aromatic rings. The van der Waals surface area contributed by atoms with E-state index in [0.717, 1.165) is 23.2 Å². The van der Waals surface area contributed by atoms with E-state index in [1.807, 2.05) is 47.0 Å². The number of aryl methyl sites for hydroxylation is 1. The molecule has 7 nitrogen and oxygen atoms in total. The van der Waals surface area contributed by atoms with Gasteiger partial charge in [0.05, 0.1) is 0 Å². The molecule has 0 bridgehead atoms. The molecule has 0 aliphatic carbocycles. The van der Waals surface area contributed by atoms with Crippen molar-refractivity contribution in [1.82, 2.24) is 24.8 Å². The molecular formula is C18H19N5O2. The van der Waals surface area contributed by atoms with Gasteiger partial charge in [-0.15, -0.1) is 0 Å². The molecule has 0 N–H and O–H groups in total. The molecule has 1 aromatic carbocycles. The molecule has 0 saturated heterocycles. The lowest BCUT2D eigenvalue weighted by Gasteiger charge is -2.26. The van der Waals surface area contributed by atoms with Gasteiger partial charge < -0.3 is 9.42 Å². The average Bonchev–Trinajstić information content (AvgIpc) is 3.20. The van der Waals surface area contributed by atoms with Crippen molar-refractivity contribution in [2.24, 2.45) is 7.05 Å². The second kappa shape index (κ2) is 6.16. The molecule has 0 unspecified atom stereocenters. The maximum Gasteiger partial charge on any atom is 0.278 e. The van der Waals surface area contributed by atoms with Gasteiger partial charge >= 0.3 is 0 Å². The van der Waals surface area contributed by atoms with Gasteiger partial charge in [0.2, 0.25) is 5.91 Å². The molecule has 0 radical (unpaired) electrons. The van der Waals surface area contributed by atoms with Gasteiger partial charge in [-0.25, -0.2) is 0 Å². The summed E-state index contributed by atoms with van der Waals surface area (Å²) in [5.41, 5.74) is 3.92. The number of rotatable bonds is 3. The minimum Gasteiger partial charge on any atom is -0.338 e.